The lowest BCUT2D eigenvalue weighted by Gasteiger charge is -2.14. The highest BCUT2D eigenvalue weighted by atomic mass is 35.5. The smallest absolute Gasteiger partial charge is 0.383 e. The van der Waals surface area contributed by atoms with Gasteiger partial charge in [0.25, 0.3) is 0 Å². The third-order valence-electron chi connectivity index (χ3n) is 2.56. The topological polar surface area (TPSA) is 46.0 Å². The highest BCUT2D eigenvalue weighted by Gasteiger charge is 2.33. The van der Waals surface area contributed by atoms with Crippen LogP contribution in [0.25, 0.3) is 0 Å². The van der Waals surface area contributed by atoms with E-state index in [-0.39, 0.29) is 11.1 Å². The summed E-state index contributed by atoms with van der Waals surface area (Å²) >= 11 is 5.62. The van der Waals surface area contributed by atoms with Gasteiger partial charge in [-0.25, -0.2) is 9.37 Å². The molecule has 2 aromatic heterocycles. The molecule has 2 aromatic rings. The molecule has 8 heteroatoms. The third-order valence-corrected chi connectivity index (χ3v) is 2.86. The van der Waals surface area contributed by atoms with Crippen molar-refractivity contribution in [2.45, 2.75) is 12.3 Å². The maximum absolute atomic E-state index is 13.5. The molecule has 3 nitrogen and oxygen atoms in total. The minimum atomic E-state index is -4.64. The van der Waals surface area contributed by atoms with Crippen molar-refractivity contribution >= 4 is 11.6 Å². The van der Waals surface area contributed by atoms with Crippen LogP contribution in [0.15, 0.2) is 30.6 Å². The number of aromatic nitrogens is 2. The van der Waals surface area contributed by atoms with E-state index in [0.717, 1.165) is 12.3 Å². The first kappa shape index (κ1) is 14.7. The summed E-state index contributed by atoms with van der Waals surface area (Å²) < 4.78 is 50.8. The number of pyridine rings is 2. The van der Waals surface area contributed by atoms with E-state index in [4.69, 9.17) is 11.6 Å². The zero-order valence-corrected chi connectivity index (χ0v) is 10.5. The van der Waals surface area contributed by atoms with Gasteiger partial charge in [-0.2, -0.15) is 13.2 Å². The molecule has 0 aliphatic rings. The van der Waals surface area contributed by atoms with Crippen molar-refractivity contribution in [1.82, 2.24) is 9.97 Å². The van der Waals surface area contributed by atoms with E-state index < -0.39 is 28.9 Å². The first-order valence-electron chi connectivity index (χ1n) is 5.32. The van der Waals surface area contributed by atoms with E-state index in [2.05, 4.69) is 9.97 Å². The van der Waals surface area contributed by atoms with Crippen LogP contribution >= 0.6 is 11.6 Å². The van der Waals surface area contributed by atoms with Crippen molar-refractivity contribution in [3.63, 3.8) is 0 Å². The summed E-state index contributed by atoms with van der Waals surface area (Å²) in [6.45, 7) is 0. The molecule has 0 aromatic carbocycles. The maximum atomic E-state index is 13.5. The zero-order valence-electron chi connectivity index (χ0n) is 9.70. The van der Waals surface area contributed by atoms with E-state index in [1.165, 1.54) is 12.3 Å². The Morgan fingerprint density at radius 3 is 2.40 bits per heavy atom. The van der Waals surface area contributed by atoms with Gasteiger partial charge in [-0.1, -0.05) is 17.7 Å². The Morgan fingerprint density at radius 1 is 1.15 bits per heavy atom. The summed E-state index contributed by atoms with van der Waals surface area (Å²) in [6, 6.07) is 2.83. The molecule has 1 N–H and O–H groups in total. The van der Waals surface area contributed by atoms with Crippen molar-refractivity contribution in [3.8, 4) is 0 Å². The van der Waals surface area contributed by atoms with Crippen LogP contribution in [-0.2, 0) is 6.18 Å². The first-order chi connectivity index (χ1) is 9.30. The normalized spacial score (nSPS) is 13.3. The fraction of sp³-hybridized carbons (Fsp3) is 0.167. The van der Waals surface area contributed by atoms with Gasteiger partial charge in [-0.15, -0.1) is 0 Å². The van der Waals surface area contributed by atoms with Crippen LogP contribution in [0, 0.1) is 5.82 Å². The molecule has 2 rings (SSSR count). The number of aliphatic hydroxyl groups excluding tert-OH is 1. The Bertz CT molecular complexity index is 633. The predicted molar refractivity (Wildman–Crippen MR) is 62.5 cm³/mol. The molecule has 0 aliphatic carbocycles. The Hall–Kier alpha value is -1.73. The largest absolute Gasteiger partial charge is 0.433 e. The van der Waals surface area contributed by atoms with E-state index in [1.54, 1.807) is 0 Å². The Balaban J connectivity index is 2.42. The summed E-state index contributed by atoms with van der Waals surface area (Å²) in [5, 5.41) is 9.44. The monoisotopic (exact) mass is 306 g/mol. The predicted octanol–water partition coefficient (Wildman–Crippen LogP) is 3.37. The van der Waals surface area contributed by atoms with Crippen LogP contribution < -0.4 is 0 Å². The van der Waals surface area contributed by atoms with Gasteiger partial charge < -0.3 is 5.11 Å². The standard InChI is InChI=1S/C12H7ClF4N2O/c13-11-7(1-2-9(19-11)12(15,16)17)10(20)6-3-4-18-5-8(6)14/h1-5,10,20H. The number of halogens is 5. The van der Waals surface area contributed by atoms with Crippen LogP contribution in [0.2, 0.25) is 5.15 Å². The number of alkyl halides is 3. The van der Waals surface area contributed by atoms with Gasteiger partial charge in [0.05, 0.1) is 6.20 Å². The summed E-state index contributed by atoms with van der Waals surface area (Å²) in [4.78, 5) is 6.67. The van der Waals surface area contributed by atoms with Gasteiger partial charge >= 0.3 is 6.18 Å². The van der Waals surface area contributed by atoms with Gasteiger partial charge in [0, 0.05) is 17.3 Å². The molecule has 2 heterocycles. The van der Waals surface area contributed by atoms with Crippen LogP contribution in [0.3, 0.4) is 0 Å². The van der Waals surface area contributed by atoms with Crippen LogP contribution in [0.1, 0.15) is 22.9 Å². The average molecular weight is 307 g/mol. The molecule has 1 atom stereocenters. The number of hydrogen-bond acceptors (Lipinski definition) is 3. The summed E-state index contributed by atoms with van der Waals surface area (Å²) in [7, 11) is 0. The molecule has 0 saturated heterocycles. The number of rotatable bonds is 2. The molecule has 0 saturated carbocycles. The SMILES string of the molecule is OC(c1ccncc1F)c1ccc(C(F)(F)F)nc1Cl. The Morgan fingerprint density at radius 2 is 1.85 bits per heavy atom. The van der Waals surface area contributed by atoms with Crippen LogP contribution in [-0.4, -0.2) is 15.1 Å². The molecule has 1 unspecified atom stereocenters. The van der Waals surface area contributed by atoms with Crippen molar-refractivity contribution in [2.24, 2.45) is 0 Å². The van der Waals surface area contributed by atoms with Crippen LogP contribution in [0.5, 0.6) is 0 Å². The zero-order chi connectivity index (χ0) is 14.9. The minimum Gasteiger partial charge on any atom is -0.383 e. The third kappa shape index (κ3) is 2.88. The van der Waals surface area contributed by atoms with Crippen molar-refractivity contribution in [3.05, 3.63) is 58.4 Å². The molecule has 0 radical (unpaired) electrons. The summed E-state index contributed by atoms with van der Waals surface area (Å²) in [5.74, 6) is -0.795. The van der Waals surface area contributed by atoms with Gasteiger partial charge in [0.1, 0.15) is 22.8 Å². The molecular weight excluding hydrogens is 300 g/mol. The number of hydrogen-bond donors (Lipinski definition) is 1. The van der Waals surface area contributed by atoms with E-state index in [0.29, 0.717) is 6.07 Å². The highest BCUT2D eigenvalue weighted by Crippen LogP contribution is 2.33. The summed E-state index contributed by atoms with van der Waals surface area (Å²) in [6.07, 6.45) is -4.05. The number of aliphatic hydroxyl groups is 1. The molecule has 0 amide bonds. The first-order valence-corrected chi connectivity index (χ1v) is 5.69. The quantitative estimate of drug-likeness (QED) is 0.683. The van der Waals surface area contributed by atoms with Gasteiger partial charge in [0.2, 0.25) is 0 Å². The highest BCUT2D eigenvalue weighted by molar-refractivity contribution is 6.30. The number of nitrogens with zero attached hydrogens (tertiary/aromatic N) is 2. The molecular formula is C12H7ClF4N2O. The molecule has 0 aliphatic heterocycles. The Labute approximate surface area is 115 Å². The van der Waals surface area contributed by atoms with Crippen molar-refractivity contribution < 1.29 is 22.7 Å². The lowest BCUT2D eigenvalue weighted by atomic mass is 10.0. The fourth-order valence-electron chi connectivity index (χ4n) is 1.58. The molecule has 106 valence electrons. The summed E-state index contributed by atoms with van der Waals surface area (Å²) in [5.41, 5.74) is -1.46. The maximum Gasteiger partial charge on any atom is 0.433 e. The van der Waals surface area contributed by atoms with Crippen molar-refractivity contribution in [1.29, 1.82) is 0 Å². The van der Waals surface area contributed by atoms with E-state index >= 15 is 0 Å². The second-order valence-corrected chi connectivity index (χ2v) is 4.23. The lowest BCUT2D eigenvalue weighted by molar-refractivity contribution is -0.141. The second kappa shape index (κ2) is 5.34. The molecule has 20 heavy (non-hydrogen) atoms. The average Bonchev–Trinajstić information content (AvgIpc) is 2.37. The van der Waals surface area contributed by atoms with Gasteiger partial charge in [0.15, 0.2) is 0 Å². The molecule has 0 bridgehead atoms. The second-order valence-electron chi connectivity index (χ2n) is 3.87. The van der Waals surface area contributed by atoms with Gasteiger partial charge in [-0.3, -0.25) is 4.98 Å². The van der Waals surface area contributed by atoms with E-state index in [9.17, 15) is 22.7 Å². The van der Waals surface area contributed by atoms with Gasteiger partial charge in [-0.05, 0) is 12.1 Å². The fourth-order valence-corrected chi connectivity index (χ4v) is 1.84. The minimum absolute atomic E-state index is 0.121. The van der Waals surface area contributed by atoms with Crippen molar-refractivity contribution in [2.75, 3.05) is 0 Å². The molecule has 0 spiro atoms. The molecule has 0 fully saturated rings. The van der Waals surface area contributed by atoms with Crippen LogP contribution in [0.4, 0.5) is 17.6 Å². The van der Waals surface area contributed by atoms with E-state index in [1.807, 2.05) is 0 Å². The lowest BCUT2D eigenvalue weighted by Crippen LogP contribution is -2.10. The Kier molecular flexibility index (Phi) is 3.92.